The molecule has 0 atom stereocenters. The SMILES string of the molecule is CCC(CC)(CO)CNC(=O)Nc1c(F)cc(F)cc1Cl. The van der Waals surface area contributed by atoms with Crippen molar-refractivity contribution in [3.8, 4) is 0 Å². The third-order valence-electron chi connectivity index (χ3n) is 3.70. The van der Waals surface area contributed by atoms with E-state index in [2.05, 4.69) is 10.6 Å². The van der Waals surface area contributed by atoms with Gasteiger partial charge in [-0.25, -0.2) is 13.6 Å². The van der Waals surface area contributed by atoms with Crippen molar-refractivity contribution in [2.45, 2.75) is 26.7 Å². The van der Waals surface area contributed by atoms with Crippen molar-refractivity contribution in [2.24, 2.45) is 5.41 Å². The zero-order valence-electron chi connectivity index (χ0n) is 12.0. The predicted molar refractivity (Wildman–Crippen MR) is 78.5 cm³/mol. The van der Waals surface area contributed by atoms with Crippen molar-refractivity contribution in [2.75, 3.05) is 18.5 Å². The highest BCUT2D eigenvalue weighted by molar-refractivity contribution is 6.33. The molecule has 118 valence electrons. The van der Waals surface area contributed by atoms with Gasteiger partial charge in [0.1, 0.15) is 5.82 Å². The second-order valence-electron chi connectivity index (χ2n) is 4.92. The Morgan fingerprint density at radius 3 is 2.43 bits per heavy atom. The minimum Gasteiger partial charge on any atom is -0.396 e. The Hall–Kier alpha value is -1.40. The number of rotatable bonds is 6. The summed E-state index contributed by atoms with van der Waals surface area (Å²) < 4.78 is 26.4. The van der Waals surface area contributed by atoms with Crippen molar-refractivity contribution >= 4 is 23.3 Å². The van der Waals surface area contributed by atoms with E-state index >= 15 is 0 Å². The molecule has 4 nitrogen and oxygen atoms in total. The zero-order chi connectivity index (χ0) is 16.0. The highest BCUT2D eigenvalue weighted by Crippen LogP contribution is 2.27. The summed E-state index contributed by atoms with van der Waals surface area (Å²) in [4.78, 5) is 11.8. The lowest BCUT2D eigenvalue weighted by Crippen LogP contribution is -2.41. The van der Waals surface area contributed by atoms with Gasteiger partial charge in [0.2, 0.25) is 0 Å². The number of aliphatic hydroxyl groups is 1. The normalized spacial score (nSPS) is 11.3. The summed E-state index contributed by atoms with van der Waals surface area (Å²) in [6.45, 7) is 4.00. The molecular formula is C14H19ClF2N2O2. The van der Waals surface area contributed by atoms with Gasteiger partial charge < -0.3 is 15.7 Å². The number of carbonyl (C=O) groups excluding carboxylic acids is 1. The van der Waals surface area contributed by atoms with Crippen LogP contribution in [0.2, 0.25) is 5.02 Å². The number of hydrogen-bond acceptors (Lipinski definition) is 2. The first kappa shape index (κ1) is 17.7. The van der Waals surface area contributed by atoms with Crippen LogP contribution < -0.4 is 10.6 Å². The number of urea groups is 1. The molecule has 1 aromatic carbocycles. The summed E-state index contributed by atoms with van der Waals surface area (Å²) in [5.74, 6) is -1.77. The van der Waals surface area contributed by atoms with Gasteiger partial charge in [-0.15, -0.1) is 0 Å². The van der Waals surface area contributed by atoms with Crippen LogP contribution >= 0.6 is 11.6 Å². The lowest BCUT2D eigenvalue weighted by Gasteiger charge is -2.29. The van der Waals surface area contributed by atoms with Crippen molar-refractivity contribution in [1.82, 2.24) is 5.32 Å². The van der Waals surface area contributed by atoms with Gasteiger partial charge in [0.05, 0.1) is 17.3 Å². The minimum atomic E-state index is -0.949. The summed E-state index contributed by atoms with van der Waals surface area (Å²) in [6.07, 6.45) is 1.37. The number of carbonyl (C=O) groups is 1. The second kappa shape index (κ2) is 7.56. The summed E-state index contributed by atoms with van der Waals surface area (Å²) >= 11 is 5.69. The Morgan fingerprint density at radius 2 is 1.95 bits per heavy atom. The molecule has 0 aromatic heterocycles. The lowest BCUT2D eigenvalue weighted by atomic mass is 9.83. The van der Waals surface area contributed by atoms with Crippen LogP contribution in [-0.4, -0.2) is 24.3 Å². The number of benzene rings is 1. The molecule has 0 fully saturated rings. The topological polar surface area (TPSA) is 61.4 Å². The Bertz CT molecular complexity index is 476. The fraction of sp³-hybridized carbons (Fsp3) is 0.500. The third kappa shape index (κ3) is 4.54. The van der Waals surface area contributed by atoms with Crippen molar-refractivity contribution in [1.29, 1.82) is 0 Å². The zero-order valence-corrected chi connectivity index (χ0v) is 12.7. The van der Waals surface area contributed by atoms with Gasteiger partial charge in [0, 0.05) is 18.0 Å². The average molecular weight is 321 g/mol. The van der Waals surface area contributed by atoms with Crippen molar-refractivity contribution in [3.63, 3.8) is 0 Å². The summed E-state index contributed by atoms with van der Waals surface area (Å²) in [5, 5.41) is 14.0. The Kier molecular flexibility index (Phi) is 6.36. The molecule has 0 bridgehead atoms. The molecule has 0 aliphatic carbocycles. The van der Waals surface area contributed by atoms with Crippen LogP contribution in [-0.2, 0) is 0 Å². The molecule has 3 N–H and O–H groups in total. The molecule has 0 spiro atoms. The molecule has 0 heterocycles. The van der Waals surface area contributed by atoms with Gasteiger partial charge in [0.15, 0.2) is 5.82 Å². The number of amides is 2. The fourth-order valence-corrected chi connectivity index (χ4v) is 2.11. The molecular weight excluding hydrogens is 302 g/mol. The van der Waals surface area contributed by atoms with E-state index in [4.69, 9.17) is 11.6 Å². The molecule has 0 aliphatic rings. The highest BCUT2D eigenvalue weighted by Gasteiger charge is 2.26. The molecule has 0 aliphatic heterocycles. The third-order valence-corrected chi connectivity index (χ3v) is 4.00. The first-order valence-corrected chi connectivity index (χ1v) is 7.05. The van der Waals surface area contributed by atoms with Crippen LogP contribution in [0.25, 0.3) is 0 Å². The Morgan fingerprint density at radius 1 is 1.33 bits per heavy atom. The Labute approximate surface area is 127 Å². The largest absolute Gasteiger partial charge is 0.396 e. The van der Waals surface area contributed by atoms with Gasteiger partial charge in [-0.3, -0.25) is 0 Å². The number of anilines is 1. The highest BCUT2D eigenvalue weighted by atomic mass is 35.5. The van der Waals surface area contributed by atoms with E-state index in [-0.39, 0.29) is 23.9 Å². The molecule has 0 radical (unpaired) electrons. The minimum absolute atomic E-state index is 0.0635. The lowest BCUT2D eigenvalue weighted by molar-refractivity contribution is 0.116. The van der Waals surface area contributed by atoms with E-state index in [1.54, 1.807) is 0 Å². The summed E-state index contributed by atoms with van der Waals surface area (Å²) in [5.41, 5.74) is -0.694. The maximum Gasteiger partial charge on any atom is 0.319 e. The molecule has 0 saturated heterocycles. The van der Waals surface area contributed by atoms with Crippen LogP contribution in [0.1, 0.15) is 26.7 Å². The van der Waals surface area contributed by atoms with Crippen molar-refractivity contribution in [3.05, 3.63) is 28.8 Å². The Balaban J connectivity index is 2.71. The second-order valence-corrected chi connectivity index (χ2v) is 5.32. The molecule has 7 heteroatoms. The van der Waals surface area contributed by atoms with Gasteiger partial charge in [0.25, 0.3) is 0 Å². The van der Waals surface area contributed by atoms with Crippen LogP contribution in [0.3, 0.4) is 0 Å². The molecule has 1 rings (SSSR count). The van der Waals surface area contributed by atoms with E-state index in [0.29, 0.717) is 18.9 Å². The predicted octanol–water partition coefficient (Wildman–Crippen LogP) is 3.54. The van der Waals surface area contributed by atoms with Gasteiger partial charge >= 0.3 is 6.03 Å². The van der Waals surface area contributed by atoms with Crippen LogP contribution in [0.5, 0.6) is 0 Å². The maximum atomic E-state index is 13.5. The van der Waals surface area contributed by atoms with Crippen molar-refractivity contribution < 1.29 is 18.7 Å². The first-order valence-electron chi connectivity index (χ1n) is 6.67. The van der Waals surface area contributed by atoms with Gasteiger partial charge in [-0.05, 0) is 18.9 Å². The molecule has 1 aromatic rings. The smallest absolute Gasteiger partial charge is 0.319 e. The fourth-order valence-electron chi connectivity index (χ4n) is 1.87. The molecule has 2 amide bonds. The molecule has 0 saturated carbocycles. The van der Waals surface area contributed by atoms with Gasteiger partial charge in [-0.1, -0.05) is 25.4 Å². The number of nitrogens with one attached hydrogen (secondary N) is 2. The van der Waals surface area contributed by atoms with E-state index < -0.39 is 23.1 Å². The number of hydrogen-bond donors (Lipinski definition) is 3. The van der Waals surface area contributed by atoms with E-state index in [0.717, 1.165) is 6.07 Å². The quantitative estimate of drug-likeness (QED) is 0.750. The van der Waals surface area contributed by atoms with E-state index in [9.17, 15) is 18.7 Å². The molecule has 21 heavy (non-hydrogen) atoms. The van der Waals surface area contributed by atoms with Crippen LogP contribution in [0.15, 0.2) is 12.1 Å². The monoisotopic (exact) mass is 320 g/mol. The maximum absolute atomic E-state index is 13.5. The first-order chi connectivity index (χ1) is 9.87. The molecule has 0 unspecified atom stereocenters. The number of halogens is 3. The van der Waals surface area contributed by atoms with E-state index in [1.165, 1.54) is 0 Å². The number of aliphatic hydroxyl groups excluding tert-OH is 1. The summed E-state index contributed by atoms with van der Waals surface area (Å²) in [6, 6.07) is 0.885. The average Bonchev–Trinajstić information content (AvgIpc) is 2.45. The van der Waals surface area contributed by atoms with Crippen LogP contribution in [0.4, 0.5) is 19.3 Å². The van der Waals surface area contributed by atoms with Gasteiger partial charge in [-0.2, -0.15) is 0 Å². The summed E-state index contributed by atoms with van der Waals surface area (Å²) in [7, 11) is 0. The standard InChI is InChI=1S/C14H19ClF2N2O2/c1-3-14(4-2,8-20)7-18-13(21)19-12-10(15)5-9(16)6-11(12)17/h5-6,20H,3-4,7-8H2,1-2H3,(H2,18,19,21). The van der Waals surface area contributed by atoms with Crippen LogP contribution in [0, 0.1) is 17.0 Å². The van der Waals surface area contributed by atoms with E-state index in [1.807, 2.05) is 13.8 Å².